The zero-order valence-electron chi connectivity index (χ0n) is 10.9. The van der Waals surface area contributed by atoms with Crippen molar-refractivity contribution >= 4 is 34.0 Å². The van der Waals surface area contributed by atoms with Crippen LogP contribution in [0.5, 0.6) is 0 Å². The monoisotopic (exact) mass is 291 g/mol. The molecule has 2 aromatic heterocycles. The maximum atomic E-state index is 6.03. The topological polar surface area (TPSA) is 30.7 Å². The third-order valence-corrected chi connectivity index (χ3v) is 4.33. The molecule has 0 saturated carbocycles. The number of benzene rings is 1. The highest BCUT2D eigenvalue weighted by Crippen LogP contribution is 2.22. The molecule has 0 spiro atoms. The highest BCUT2D eigenvalue weighted by atomic mass is 35.5. The molecule has 1 aromatic carbocycles. The number of para-hydroxylation sites is 1. The first-order valence-electron chi connectivity index (χ1n) is 6.10. The molecule has 0 unspecified atom stereocenters. The minimum absolute atomic E-state index is 0.415. The van der Waals surface area contributed by atoms with E-state index in [0.29, 0.717) is 5.88 Å². The van der Waals surface area contributed by atoms with Gasteiger partial charge in [-0.2, -0.15) is 0 Å². The number of hydrogen-bond donors (Lipinski definition) is 0. The number of aromatic nitrogens is 3. The Morgan fingerprint density at radius 3 is 2.79 bits per heavy atom. The fraction of sp³-hybridized carbons (Fsp3) is 0.286. The molecule has 0 fully saturated rings. The lowest BCUT2D eigenvalue weighted by atomic mass is 10.2. The van der Waals surface area contributed by atoms with E-state index in [2.05, 4.69) is 45.0 Å². The summed E-state index contributed by atoms with van der Waals surface area (Å²) >= 11 is 7.70. The maximum Gasteiger partial charge on any atom is 0.125 e. The number of nitrogens with zero attached hydrogens (tertiary/aromatic N) is 3. The molecule has 0 bridgehead atoms. The molecule has 3 aromatic rings. The van der Waals surface area contributed by atoms with Crippen molar-refractivity contribution in [2.45, 2.75) is 26.3 Å². The van der Waals surface area contributed by atoms with Crippen molar-refractivity contribution in [3.05, 3.63) is 45.7 Å². The van der Waals surface area contributed by atoms with Crippen molar-refractivity contribution in [2.75, 3.05) is 0 Å². The molecule has 3 nitrogen and oxygen atoms in total. The molecule has 0 amide bonds. The van der Waals surface area contributed by atoms with Crippen molar-refractivity contribution in [3.8, 4) is 0 Å². The summed E-state index contributed by atoms with van der Waals surface area (Å²) in [5, 5.41) is 3.16. The van der Waals surface area contributed by atoms with Crippen LogP contribution in [0.4, 0.5) is 0 Å². The molecule has 19 heavy (non-hydrogen) atoms. The van der Waals surface area contributed by atoms with Crippen LogP contribution in [0.3, 0.4) is 0 Å². The first-order chi connectivity index (χ1) is 9.19. The Bertz CT molecular complexity index is 729. The molecule has 0 aliphatic rings. The number of thiazole rings is 1. The second kappa shape index (κ2) is 4.94. The van der Waals surface area contributed by atoms with Gasteiger partial charge in [0.05, 0.1) is 23.5 Å². The van der Waals surface area contributed by atoms with Crippen molar-refractivity contribution in [2.24, 2.45) is 0 Å². The summed E-state index contributed by atoms with van der Waals surface area (Å²) in [6.45, 7) is 4.82. The van der Waals surface area contributed by atoms with Gasteiger partial charge in [-0.25, -0.2) is 9.97 Å². The summed E-state index contributed by atoms with van der Waals surface area (Å²) in [5.41, 5.74) is 4.40. The summed E-state index contributed by atoms with van der Waals surface area (Å²) < 4.78 is 2.16. The van der Waals surface area contributed by atoms with Crippen LogP contribution in [-0.2, 0) is 12.4 Å². The molecule has 98 valence electrons. The summed E-state index contributed by atoms with van der Waals surface area (Å²) in [5.74, 6) is 1.32. The Balaban J connectivity index is 2.13. The van der Waals surface area contributed by atoms with E-state index in [4.69, 9.17) is 11.6 Å². The fourth-order valence-electron chi connectivity index (χ4n) is 2.22. The number of fused-ring (bicyclic) bond motifs is 1. The lowest BCUT2D eigenvalue weighted by Gasteiger charge is -2.05. The first-order valence-corrected chi connectivity index (χ1v) is 7.52. The summed E-state index contributed by atoms with van der Waals surface area (Å²) in [4.78, 5) is 9.16. The van der Waals surface area contributed by atoms with E-state index >= 15 is 0 Å². The first kappa shape index (κ1) is 12.6. The molecule has 0 saturated heterocycles. The molecule has 0 aliphatic heterocycles. The van der Waals surface area contributed by atoms with Crippen LogP contribution in [0, 0.1) is 13.8 Å². The quantitative estimate of drug-likeness (QED) is 0.685. The lowest BCUT2D eigenvalue weighted by Crippen LogP contribution is -2.03. The molecule has 2 heterocycles. The lowest BCUT2D eigenvalue weighted by molar-refractivity contribution is 0.771. The summed E-state index contributed by atoms with van der Waals surface area (Å²) in [7, 11) is 0. The van der Waals surface area contributed by atoms with Crippen LogP contribution in [0.2, 0.25) is 0 Å². The third-order valence-electron chi connectivity index (χ3n) is 3.14. The van der Waals surface area contributed by atoms with Gasteiger partial charge in [0.15, 0.2) is 0 Å². The Labute approximate surface area is 120 Å². The SMILES string of the molecule is Cc1csc(Cn2c(CCl)nc3c(C)cccc32)n1. The number of halogens is 1. The predicted octanol–water partition coefficient (Wildman–Crippen LogP) is 3.90. The highest BCUT2D eigenvalue weighted by Gasteiger charge is 2.12. The second-order valence-corrected chi connectivity index (χ2v) is 5.78. The van der Waals surface area contributed by atoms with Gasteiger partial charge in [0.25, 0.3) is 0 Å². The molecule has 3 rings (SSSR count). The van der Waals surface area contributed by atoms with Crippen LogP contribution in [0.25, 0.3) is 11.0 Å². The van der Waals surface area contributed by atoms with Crippen LogP contribution in [-0.4, -0.2) is 14.5 Å². The van der Waals surface area contributed by atoms with Crippen LogP contribution in [0.15, 0.2) is 23.6 Å². The second-order valence-electron chi connectivity index (χ2n) is 4.57. The number of alkyl halides is 1. The van der Waals surface area contributed by atoms with Gasteiger partial charge in [0, 0.05) is 11.1 Å². The van der Waals surface area contributed by atoms with Crippen LogP contribution in [0.1, 0.15) is 22.1 Å². The Morgan fingerprint density at radius 2 is 2.11 bits per heavy atom. The molecule has 5 heteroatoms. The van der Waals surface area contributed by atoms with E-state index in [1.54, 1.807) is 11.3 Å². The van der Waals surface area contributed by atoms with Crippen molar-refractivity contribution < 1.29 is 0 Å². The zero-order chi connectivity index (χ0) is 13.4. The van der Waals surface area contributed by atoms with E-state index in [9.17, 15) is 0 Å². The van der Waals surface area contributed by atoms with Crippen molar-refractivity contribution in [3.63, 3.8) is 0 Å². The van der Waals surface area contributed by atoms with Gasteiger partial charge in [0.2, 0.25) is 0 Å². The Kier molecular flexibility index (Phi) is 3.29. The van der Waals surface area contributed by atoms with Crippen molar-refractivity contribution in [1.29, 1.82) is 0 Å². The number of aryl methyl sites for hydroxylation is 2. The molecule has 0 N–H and O–H groups in total. The van der Waals surface area contributed by atoms with E-state index in [1.165, 1.54) is 5.56 Å². The van der Waals surface area contributed by atoms with Gasteiger partial charge in [-0.1, -0.05) is 12.1 Å². The molecule has 0 atom stereocenters. The minimum atomic E-state index is 0.415. The predicted molar refractivity (Wildman–Crippen MR) is 80.0 cm³/mol. The number of hydrogen-bond acceptors (Lipinski definition) is 3. The van der Waals surface area contributed by atoms with Crippen molar-refractivity contribution in [1.82, 2.24) is 14.5 Å². The molecular weight excluding hydrogens is 278 g/mol. The normalized spacial score (nSPS) is 11.3. The van der Waals surface area contributed by atoms with E-state index in [1.807, 2.05) is 6.92 Å². The average Bonchev–Trinajstić information content (AvgIpc) is 2.96. The average molecular weight is 292 g/mol. The van der Waals surface area contributed by atoms with Crippen LogP contribution >= 0.6 is 22.9 Å². The van der Waals surface area contributed by atoms with Gasteiger partial charge >= 0.3 is 0 Å². The zero-order valence-corrected chi connectivity index (χ0v) is 12.4. The van der Waals surface area contributed by atoms with E-state index < -0.39 is 0 Å². The number of rotatable bonds is 3. The van der Waals surface area contributed by atoms with E-state index in [-0.39, 0.29) is 0 Å². The molecular formula is C14H14ClN3S. The highest BCUT2D eigenvalue weighted by molar-refractivity contribution is 7.09. The number of imidazole rings is 1. The van der Waals surface area contributed by atoms with Gasteiger partial charge in [-0.15, -0.1) is 22.9 Å². The van der Waals surface area contributed by atoms with Gasteiger partial charge in [0.1, 0.15) is 10.8 Å². The van der Waals surface area contributed by atoms with Gasteiger partial charge < -0.3 is 4.57 Å². The standard InChI is InChI=1S/C14H14ClN3S/c1-9-4-3-5-11-14(9)17-12(6-15)18(11)7-13-16-10(2)8-19-13/h3-5,8H,6-7H2,1-2H3. The Morgan fingerprint density at radius 1 is 1.26 bits per heavy atom. The summed E-state index contributed by atoms with van der Waals surface area (Å²) in [6.07, 6.45) is 0. The van der Waals surface area contributed by atoms with Gasteiger partial charge in [-0.05, 0) is 25.5 Å². The fourth-order valence-corrected chi connectivity index (χ4v) is 3.19. The smallest absolute Gasteiger partial charge is 0.125 e. The third kappa shape index (κ3) is 2.26. The van der Waals surface area contributed by atoms with E-state index in [0.717, 1.165) is 34.1 Å². The maximum absolute atomic E-state index is 6.03. The summed E-state index contributed by atoms with van der Waals surface area (Å²) in [6, 6.07) is 6.22. The van der Waals surface area contributed by atoms with Gasteiger partial charge in [-0.3, -0.25) is 0 Å². The Hall–Kier alpha value is -1.39. The molecule has 0 radical (unpaired) electrons. The van der Waals surface area contributed by atoms with Crippen LogP contribution < -0.4 is 0 Å². The largest absolute Gasteiger partial charge is 0.320 e. The minimum Gasteiger partial charge on any atom is -0.320 e. The molecule has 0 aliphatic carbocycles.